The third-order valence-corrected chi connectivity index (χ3v) is 6.81. The van der Waals surface area contributed by atoms with Crippen LogP contribution in [0.3, 0.4) is 0 Å². The fourth-order valence-corrected chi connectivity index (χ4v) is 4.74. The molecule has 6 nitrogen and oxygen atoms in total. The van der Waals surface area contributed by atoms with Gasteiger partial charge in [0.05, 0.1) is 0 Å². The number of nitrogens with one attached hydrogen (secondary N) is 2. The molecule has 0 aliphatic heterocycles. The van der Waals surface area contributed by atoms with Gasteiger partial charge < -0.3 is 9.88 Å². The molecule has 0 bridgehead atoms. The first-order chi connectivity index (χ1) is 13.2. The van der Waals surface area contributed by atoms with Crippen LogP contribution in [0.5, 0.6) is 0 Å². The average molecular weight is 411 g/mol. The Morgan fingerprint density at radius 2 is 1.82 bits per heavy atom. The number of rotatable bonds is 6. The first-order valence-corrected chi connectivity index (χ1v) is 10.5. The molecule has 1 aromatic heterocycles. The number of aromatic nitrogens is 1. The van der Waals surface area contributed by atoms with E-state index in [0.717, 1.165) is 12.8 Å². The van der Waals surface area contributed by atoms with Crippen molar-refractivity contribution < 1.29 is 22.0 Å². The van der Waals surface area contributed by atoms with Crippen LogP contribution in [-0.4, -0.2) is 32.5 Å². The number of benzene rings is 1. The molecule has 0 radical (unpaired) electrons. The summed E-state index contributed by atoms with van der Waals surface area (Å²) in [6.45, 7) is 0.0724. The largest absolute Gasteiger partial charge is 0.350 e. The number of sulfonamides is 1. The third-order valence-electron chi connectivity index (χ3n) is 5.43. The molecule has 1 aromatic carbocycles. The maximum atomic E-state index is 14.4. The van der Waals surface area contributed by atoms with Gasteiger partial charge in [-0.1, -0.05) is 18.9 Å². The summed E-state index contributed by atoms with van der Waals surface area (Å²) < 4.78 is 56.3. The van der Waals surface area contributed by atoms with Crippen molar-refractivity contribution in [3.05, 3.63) is 53.4 Å². The Kier molecular flexibility index (Phi) is 5.58. The zero-order valence-electron chi connectivity index (χ0n) is 15.8. The molecule has 152 valence electrons. The molecular weight excluding hydrogens is 388 g/mol. The minimum absolute atomic E-state index is 0.0122. The quantitative estimate of drug-likeness (QED) is 0.766. The Morgan fingerprint density at radius 1 is 1.21 bits per heavy atom. The third kappa shape index (κ3) is 3.68. The summed E-state index contributed by atoms with van der Waals surface area (Å²) in [5, 5.41) is 2.75. The van der Waals surface area contributed by atoms with Crippen molar-refractivity contribution in [2.45, 2.75) is 36.0 Å². The van der Waals surface area contributed by atoms with Crippen LogP contribution in [0.2, 0.25) is 0 Å². The van der Waals surface area contributed by atoms with Crippen LogP contribution in [0, 0.1) is 11.6 Å². The number of nitrogens with zero attached hydrogens (tertiary/aromatic N) is 1. The van der Waals surface area contributed by atoms with Crippen LogP contribution in [0.4, 0.5) is 8.78 Å². The molecule has 2 N–H and O–H groups in total. The van der Waals surface area contributed by atoms with E-state index in [1.54, 1.807) is 7.05 Å². The molecule has 0 unspecified atom stereocenters. The van der Waals surface area contributed by atoms with Crippen molar-refractivity contribution >= 4 is 15.9 Å². The van der Waals surface area contributed by atoms with Crippen molar-refractivity contribution in [3.63, 3.8) is 0 Å². The number of hydrogen-bond donors (Lipinski definition) is 2. The van der Waals surface area contributed by atoms with E-state index in [1.165, 1.54) is 42.1 Å². The second kappa shape index (κ2) is 7.63. The van der Waals surface area contributed by atoms with E-state index in [9.17, 15) is 22.0 Å². The van der Waals surface area contributed by atoms with E-state index in [0.29, 0.717) is 12.8 Å². The zero-order chi connectivity index (χ0) is 20.5. The predicted molar refractivity (Wildman–Crippen MR) is 100 cm³/mol. The highest BCUT2D eigenvalue weighted by atomic mass is 32.2. The summed E-state index contributed by atoms with van der Waals surface area (Å²) in [6.07, 6.45) is 4.11. The minimum Gasteiger partial charge on any atom is -0.350 e. The number of hydrogen-bond acceptors (Lipinski definition) is 3. The predicted octanol–water partition coefficient (Wildman–Crippen LogP) is 2.45. The topological polar surface area (TPSA) is 80.2 Å². The Hall–Kier alpha value is -2.26. The van der Waals surface area contributed by atoms with Gasteiger partial charge in [-0.3, -0.25) is 4.79 Å². The number of halogens is 2. The number of aryl methyl sites for hydroxylation is 1. The lowest BCUT2D eigenvalue weighted by atomic mass is 9.78. The lowest BCUT2D eigenvalue weighted by molar-refractivity contribution is 0.0934. The normalized spacial score (nSPS) is 16.3. The SMILES string of the molecule is CNS(=O)(=O)c1cc(C(=O)NCC2(c3c(F)cccc3F)CCCC2)n(C)c1. The highest BCUT2D eigenvalue weighted by molar-refractivity contribution is 7.89. The van der Waals surface area contributed by atoms with Crippen LogP contribution in [0.25, 0.3) is 0 Å². The summed E-state index contributed by atoms with van der Waals surface area (Å²) >= 11 is 0. The van der Waals surface area contributed by atoms with E-state index in [-0.39, 0.29) is 22.7 Å². The first kappa shape index (κ1) is 20.5. The minimum atomic E-state index is -3.68. The van der Waals surface area contributed by atoms with Crippen LogP contribution < -0.4 is 10.0 Å². The summed E-state index contributed by atoms with van der Waals surface area (Å²) in [4.78, 5) is 12.6. The molecule has 1 amide bonds. The van der Waals surface area contributed by atoms with Crippen molar-refractivity contribution in [2.24, 2.45) is 7.05 Å². The molecule has 9 heteroatoms. The van der Waals surface area contributed by atoms with Gasteiger partial charge in [0.2, 0.25) is 10.0 Å². The molecule has 1 aliphatic carbocycles. The van der Waals surface area contributed by atoms with Crippen LogP contribution in [-0.2, 0) is 22.5 Å². The zero-order valence-corrected chi connectivity index (χ0v) is 16.6. The molecule has 0 spiro atoms. The van der Waals surface area contributed by atoms with E-state index in [2.05, 4.69) is 10.0 Å². The molecule has 2 aromatic rings. The molecule has 1 fully saturated rings. The molecule has 1 heterocycles. The van der Waals surface area contributed by atoms with Gasteiger partial charge >= 0.3 is 0 Å². The van der Waals surface area contributed by atoms with Gasteiger partial charge in [0.15, 0.2) is 0 Å². The standard InChI is InChI=1S/C19H23F2N3O3S/c1-22-28(26,27)13-10-16(24(2)11-13)18(25)23-12-19(8-3-4-9-19)17-14(20)6-5-7-15(17)21/h5-7,10-11,22H,3-4,8-9,12H2,1-2H3,(H,23,25). The molecule has 1 aliphatic rings. The molecule has 0 atom stereocenters. The number of amides is 1. The lowest BCUT2D eigenvalue weighted by Crippen LogP contribution is -2.40. The summed E-state index contributed by atoms with van der Waals surface area (Å²) in [7, 11) is -0.833. The highest BCUT2D eigenvalue weighted by Gasteiger charge is 2.40. The Balaban J connectivity index is 1.85. The van der Waals surface area contributed by atoms with Gasteiger partial charge in [0, 0.05) is 30.8 Å². The Labute approximate surface area is 163 Å². The molecule has 28 heavy (non-hydrogen) atoms. The van der Waals surface area contributed by atoms with Gasteiger partial charge in [0.25, 0.3) is 5.91 Å². The molecule has 0 saturated heterocycles. The summed E-state index contributed by atoms with van der Waals surface area (Å²) in [5.41, 5.74) is -0.648. The van der Waals surface area contributed by atoms with Gasteiger partial charge in [-0.15, -0.1) is 0 Å². The van der Waals surface area contributed by atoms with Crippen LogP contribution in [0.1, 0.15) is 41.7 Å². The second-order valence-electron chi connectivity index (χ2n) is 7.15. The van der Waals surface area contributed by atoms with Crippen LogP contribution in [0.15, 0.2) is 35.4 Å². The van der Waals surface area contributed by atoms with Crippen molar-refractivity contribution in [1.82, 2.24) is 14.6 Å². The van der Waals surface area contributed by atoms with E-state index in [1.807, 2.05) is 0 Å². The van der Waals surface area contributed by atoms with Gasteiger partial charge in [-0.2, -0.15) is 0 Å². The molecule has 3 rings (SSSR count). The van der Waals surface area contributed by atoms with Gasteiger partial charge in [-0.05, 0) is 38.1 Å². The van der Waals surface area contributed by atoms with Crippen molar-refractivity contribution in [1.29, 1.82) is 0 Å². The van der Waals surface area contributed by atoms with E-state index < -0.39 is 33.0 Å². The maximum Gasteiger partial charge on any atom is 0.267 e. The highest BCUT2D eigenvalue weighted by Crippen LogP contribution is 2.42. The maximum absolute atomic E-state index is 14.4. The monoisotopic (exact) mass is 411 g/mol. The first-order valence-electron chi connectivity index (χ1n) is 9.03. The van der Waals surface area contributed by atoms with Crippen molar-refractivity contribution in [2.75, 3.05) is 13.6 Å². The molecule has 1 saturated carbocycles. The molecular formula is C19H23F2N3O3S. The average Bonchev–Trinajstić information content (AvgIpc) is 3.27. The van der Waals surface area contributed by atoms with Crippen LogP contribution >= 0.6 is 0 Å². The Morgan fingerprint density at radius 3 is 2.39 bits per heavy atom. The fourth-order valence-electron chi connectivity index (χ4n) is 3.94. The van der Waals surface area contributed by atoms with E-state index in [4.69, 9.17) is 0 Å². The fraction of sp³-hybridized carbons (Fsp3) is 0.421. The lowest BCUT2D eigenvalue weighted by Gasteiger charge is -2.30. The van der Waals surface area contributed by atoms with E-state index >= 15 is 0 Å². The van der Waals surface area contributed by atoms with Gasteiger partial charge in [-0.25, -0.2) is 21.9 Å². The Bertz CT molecular complexity index is 976. The van der Waals surface area contributed by atoms with Gasteiger partial charge in [0.1, 0.15) is 22.2 Å². The summed E-state index contributed by atoms with van der Waals surface area (Å²) in [6, 6.07) is 5.05. The summed E-state index contributed by atoms with van der Waals surface area (Å²) in [5.74, 6) is -1.72. The number of carbonyl (C=O) groups excluding carboxylic acids is 1. The van der Waals surface area contributed by atoms with Crippen molar-refractivity contribution in [3.8, 4) is 0 Å². The number of carbonyl (C=O) groups is 1. The smallest absolute Gasteiger partial charge is 0.267 e. The second-order valence-corrected chi connectivity index (χ2v) is 9.03.